The molecule has 0 radical (unpaired) electrons. The number of benzene rings is 2. The van der Waals surface area contributed by atoms with Gasteiger partial charge in [-0.2, -0.15) is 4.31 Å². The Morgan fingerprint density at radius 3 is 2.52 bits per heavy atom. The van der Waals surface area contributed by atoms with E-state index < -0.39 is 22.1 Å². The zero-order chi connectivity index (χ0) is 22.8. The Hall–Kier alpha value is -2.42. The predicted molar refractivity (Wildman–Crippen MR) is 119 cm³/mol. The van der Waals surface area contributed by atoms with Crippen LogP contribution in [0.1, 0.15) is 36.7 Å². The maximum atomic E-state index is 12.8. The van der Waals surface area contributed by atoms with Crippen LogP contribution in [0, 0.1) is 0 Å². The number of hydrogen-bond acceptors (Lipinski definition) is 5. The summed E-state index contributed by atoms with van der Waals surface area (Å²) in [7, 11) is -3.86. The van der Waals surface area contributed by atoms with Crippen LogP contribution in [0.15, 0.2) is 47.4 Å². The first-order chi connectivity index (χ1) is 14.7. The number of rotatable bonds is 7. The molecule has 1 aliphatic heterocycles. The summed E-state index contributed by atoms with van der Waals surface area (Å²) in [6.07, 6.45) is -0.288. The van der Waals surface area contributed by atoms with Gasteiger partial charge in [0, 0.05) is 25.3 Å². The van der Waals surface area contributed by atoms with Crippen LogP contribution in [-0.4, -0.2) is 50.3 Å². The maximum Gasteiger partial charge on any atom is 0.338 e. The second kappa shape index (κ2) is 9.38. The molecule has 0 aliphatic carbocycles. The second-order valence-electron chi connectivity index (χ2n) is 7.15. The zero-order valence-electron chi connectivity index (χ0n) is 17.7. The van der Waals surface area contributed by atoms with E-state index in [2.05, 4.69) is 0 Å². The van der Waals surface area contributed by atoms with Gasteiger partial charge in [-0.15, -0.1) is 0 Å². The van der Waals surface area contributed by atoms with E-state index in [1.807, 2.05) is 24.3 Å². The monoisotopic (exact) mass is 464 g/mol. The van der Waals surface area contributed by atoms with E-state index >= 15 is 0 Å². The molecule has 1 aliphatic rings. The van der Waals surface area contributed by atoms with Gasteiger partial charge in [-0.25, -0.2) is 13.2 Å². The van der Waals surface area contributed by atoms with Gasteiger partial charge in [-0.3, -0.25) is 4.79 Å². The first-order valence-electron chi connectivity index (χ1n) is 10.1. The Morgan fingerprint density at radius 1 is 1.16 bits per heavy atom. The average molecular weight is 465 g/mol. The summed E-state index contributed by atoms with van der Waals surface area (Å²) in [5.74, 6) is -1.12. The minimum absolute atomic E-state index is 0.0107. The van der Waals surface area contributed by atoms with Crippen molar-refractivity contribution in [3.8, 4) is 0 Å². The van der Waals surface area contributed by atoms with E-state index in [1.165, 1.54) is 29.4 Å². The molecule has 0 spiro atoms. The molecule has 1 heterocycles. The minimum atomic E-state index is -3.86. The highest BCUT2D eigenvalue weighted by Crippen LogP contribution is 2.29. The predicted octanol–water partition coefficient (Wildman–Crippen LogP) is 3.51. The fourth-order valence-corrected chi connectivity index (χ4v) is 5.55. The van der Waals surface area contributed by atoms with Gasteiger partial charge in [0.05, 0.1) is 10.6 Å². The Bertz CT molecular complexity index is 1100. The molecule has 0 fully saturated rings. The number of ether oxygens (including phenoxy) is 1. The highest BCUT2D eigenvalue weighted by atomic mass is 35.5. The molecule has 31 heavy (non-hydrogen) atoms. The van der Waals surface area contributed by atoms with Crippen LogP contribution >= 0.6 is 11.6 Å². The first kappa shape index (κ1) is 23.2. The Labute approximate surface area is 187 Å². The fraction of sp³-hybridized carbons (Fsp3) is 0.364. The number of anilines is 1. The molecule has 2 aromatic carbocycles. The summed E-state index contributed by atoms with van der Waals surface area (Å²) in [4.78, 5) is 27.0. The summed E-state index contributed by atoms with van der Waals surface area (Å²) < 4.78 is 32.3. The number of halogens is 1. The summed E-state index contributed by atoms with van der Waals surface area (Å²) in [6, 6.07) is 11.5. The lowest BCUT2D eigenvalue weighted by Crippen LogP contribution is -2.39. The number of para-hydroxylation sites is 1. The van der Waals surface area contributed by atoms with Gasteiger partial charge in [0.25, 0.3) is 5.91 Å². The molecule has 0 aromatic heterocycles. The maximum absolute atomic E-state index is 12.8. The van der Waals surface area contributed by atoms with Crippen LogP contribution in [-0.2, 0) is 26.0 Å². The van der Waals surface area contributed by atoms with E-state index in [0.29, 0.717) is 6.54 Å². The number of esters is 1. The van der Waals surface area contributed by atoms with Crippen LogP contribution in [0.4, 0.5) is 5.69 Å². The third-order valence-electron chi connectivity index (χ3n) is 5.27. The van der Waals surface area contributed by atoms with Gasteiger partial charge in [0.2, 0.25) is 10.0 Å². The van der Waals surface area contributed by atoms with Crippen molar-refractivity contribution in [1.29, 1.82) is 0 Å². The van der Waals surface area contributed by atoms with Crippen molar-refractivity contribution in [1.82, 2.24) is 4.31 Å². The molecular formula is C22H25ClN2O5S. The van der Waals surface area contributed by atoms with Gasteiger partial charge in [-0.05, 0) is 43.2 Å². The van der Waals surface area contributed by atoms with E-state index in [4.69, 9.17) is 16.3 Å². The SMILES string of the molecule is CCN(CC)S(=O)(=O)c1cc(C(=O)OC(C)C(=O)N2CCc3ccccc32)ccc1Cl. The standard InChI is InChI=1S/C22H25ClN2O5S/c1-4-24(5-2)31(28,29)20-14-17(10-11-18(20)23)22(27)30-15(3)21(26)25-13-12-16-8-6-7-9-19(16)25/h6-11,14-15H,4-5,12-13H2,1-3H3. The van der Waals surface area contributed by atoms with Crippen LogP contribution in [0.3, 0.4) is 0 Å². The average Bonchev–Trinajstić information content (AvgIpc) is 3.18. The number of hydrogen-bond donors (Lipinski definition) is 0. The number of sulfonamides is 1. The minimum Gasteiger partial charge on any atom is -0.449 e. The molecule has 3 rings (SSSR count). The third kappa shape index (κ3) is 4.61. The number of nitrogens with zero attached hydrogens (tertiary/aromatic N) is 2. The number of carbonyl (C=O) groups is 2. The molecule has 0 bridgehead atoms. The first-order valence-corrected chi connectivity index (χ1v) is 11.9. The van der Waals surface area contributed by atoms with E-state index in [-0.39, 0.29) is 34.5 Å². The Morgan fingerprint density at radius 2 is 1.84 bits per heavy atom. The number of amides is 1. The molecule has 0 N–H and O–H groups in total. The van der Waals surface area contributed by atoms with Crippen molar-refractivity contribution < 1.29 is 22.7 Å². The Balaban J connectivity index is 1.79. The molecule has 0 saturated heterocycles. The molecule has 7 nitrogen and oxygen atoms in total. The van der Waals surface area contributed by atoms with Crippen molar-refractivity contribution >= 4 is 39.2 Å². The molecule has 0 saturated carbocycles. The van der Waals surface area contributed by atoms with Gasteiger partial charge in [0.1, 0.15) is 4.90 Å². The lowest BCUT2D eigenvalue weighted by molar-refractivity contribution is -0.126. The number of carbonyl (C=O) groups excluding carboxylic acids is 2. The van der Waals surface area contributed by atoms with Crippen molar-refractivity contribution in [3.63, 3.8) is 0 Å². The summed E-state index contributed by atoms with van der Waals surface area (Å²) in [5, 5.41) is 0.0150. The van der Waals surface area contributed by atoms with Gasteiger partial charge in [0.15, 0.2) is 6.10 Å². The Kier molecular flexibility index (Phi) is 7.03. The molecule has 1 unspecified atom stereocenters. The van der Waals surface area contributed by atoms with E-state index in [0.717, 1.165) is 17.7 Å². The van der Waals surface area contributed by atoms with Crippen molar-refractivity contribution in [3.05, 3.63) is 58.6 Å². The summed E-state index contributed by atoms with van der Waals surface area (Å²) in [5.41, 5.74) is 1.89. The lowest BCUT2D eigenvalue weighted by Gasteiger charge is -2.22. The molecular weight excluding hydrogens is 440 g/mol. The largest absolute Gasteiger partial charge is 0.449 e. The zero-order valence-corrected chi connectivity index (χ0v) is 19.2. The lowest BCUT2D eigenvalue weighted by atomic mass is 10.2. The van der Waals surface area contributed by atoms with Crippen LogP contribution in [0.2, 0.25) is 5.02 Å². The van der Waals surface area contributed by atoms with Gasteiger partial charge < -0.3 is 9.64 Å². The third-order valence-corrected chi connectivity index (χ3v) is 7.81. The smallest absolute Gasteiger partial charge is 0.338 e. The molecule has 166 valence electrons. The van der Waals surface area contributed by atoms with Crippen LogP contribution in [0.25, 0.3) is 0 Å². The van der Waals surface area contributed by atoms with Crippen LogP contribution < -0.4 is 4.90 Å². The molecule has 2 aromatic rings. The van der Waals surface area contributed by atoms with Crippen molar-refractivity contribution in [2.24, 2.45) is 0 Å². The quantitative estimate of drug-likeness (QED) is 0.585. The van der Waals surface area contributed by atoms with Gasteiger partial charge in [-0.1, -0.05) is 43.6 Å². The van der Waals surface area contributed by atoms with E-state index in [9.17, 15) is 18.0 Å². The molecule has 1 amide bonds. The van der Waals surface area contributed by atoms with Crippen LogP contribution in [0.5, 0.6) is 0 Å². The normalized spacial score (nSPS) is 14.4. The van der Waals surface area contributed by atoms with Gasteiger partial charge >= 0.3 is 5.97 Å². The summed E-state index contributed by atoms with van der Waals surface area (Å²) in [6.45, 7) is 6.00. The second-order valence-corrected chi connectivity index (χ2v) is 9.46. The molecule has 9 heteroatoms. The number of fused-ring (bicyclic) bond motifs is 1. The highest BCUT2D eigenvalue weighted by Gasteiger charge is 2.31. The fourth-order valence-electron chi connectivity index (χ4n) is 3.60. The van der Waals surface area contributed by atoms with Crippen molar-refractivity contribution in [2.75, 3.05) is 24.5 Å². The molecule has 1 atom stereocenters. The van der Waals surface area contributed by atoms with Crippen molar-refractivity contribution in [2.45, 2.75) is 38.2 Å². The summed E-state index contributed by atoms with van der Waals surface area (Å²) >= 11 is 6.11. The highest BCUT2D eigenvalue weighted by molar-refractivity contribution is 7.89. The van der Waals surface area contributed by atoms with E-state index in [1.54, 1.807) is 18.7 Å². The topological polar surface area (TPSA) is 84.0 Å².